The van der Waals surface area contributed by atoms with E-state index in [1.165, 1.54) is 44.9 Å². The molecule has 0 saturated heterocycles. The van der Waals surface area contributed by atoms with Crippen molar-refractivity contribution in [3.8, 4) is 0 Å². The van der Waals surface area contributed by atoms with Gasteiger partial charge in [0, 0.05) is 0 Å². The van der Waals surface area contributed by atoms with Gasteiger partial charge >= 0.3 is 0 Å². The predicted octanol–water partition coefficient (Wildman–Crippen LogP) is 4.95. The summed E-state index contributed by atoms with van der Waals surface area (Å²) in [6.45, 7) is 9.52. The van der Waals surface area contributed by atoms with Crippen molar-refractivity contribution in [1.29, 1.82) is 0 Å². The number of allylic oxidation sites excluding steroid dienone is 1. The zero-order valence-electron chi connectivity index (χ0n) is 13.9. The van der Waals surface area contributed by atoms with Gasteiger partial charge in [-0.05, 0) is 92.3 Å². The maximum atomic E-state index is 10.1. The Labute approximate surface area is 130 Å². The molecule has 0 heterocycles. The van der Waals surface area contributed by atoms with Gasteiger partial charge in [0.25, 0.3) is 0 Å². The van der Waals surface area contributed by atoms with E-state index < -0.39 is 0 Å². The molecule has 4 aliphatic rings. The molecule has 0 aromatic carbocycles. The summed E-state index contributed by atoms with van der Waals surface area (Å²) in [7, 11) is 0. The van der Waals surface area contributed by atoms with Gasteiger partial charge in [-0.15, -0.1) is 0 Å². The molecule has 4 aliphatic carbocycles. The molecule has 0 aromatic heterocycles. The van der Waals surface area contributed by atoms with Crippen LogP contribution in [-0.4, -0.2) is 11.2 Å². The molecule has 0 spiro atoms. The van der Waals surface area contributed by atoms with Gasteiger partial charge in [-0.1, -0.05) is 26.0 Å². The zero-order valence-corrected chi connectivity index (χ0v) is 13.9. The zero-order chi connectivity index (χ0) is 14.8. The molecular formula is C20H32O. The minimum atomic E-state index is -0.0141. The Morgan fingerprint density at radius 3 is 2.62 bits per heavy atom. The van der Waals surface area contributed by atoms with Crippen LogP contribution in [0.2, 0.25) is 0 Å². The second kappa shape index (κ2) is 4.60. The van der Waals surface area contributed by atoms with Gasteiger partial charge in [-0.2, -0.15) is 0 Å². The number of fused-ring (bicyclic) bond motifs is 5. The number of aliphatic hydroxyl groups is 1. The first-order valence-corrected chi connectivity index (χ1v) is 9.31. The molecule has 0 bridgehead atoms. The van der Waals surface area contributed by atoms with Crippen LogP contribution in [0.3, 0.4) is 0 Å². The summed E-state index contributed by atoms with van der Waals surface area (Å²) in [5.41, 5.74) is 2.53. The highest BCUT2D eigenvalue weighted by atomic mass is 16.3. The first-order valence-electron chi connectivity index (χ1n) is 9.31. The molecule has 4 saturated carbocycles. The molecule has 0 aromatic rings. The van der Waals surface area contributed by atoms with Gasteiger partial charge in [0.1, 0.15) is 0 Å². The van der Waals surface area contributed by atoms with E-state index in [9.17, 15) is 5.11 Å². The Kier molecular flexibility index (Phi) is 3.13. The third-order valence-electron chi connectivity index (χ3n) is 8.59. The van der Waals surface area contributed by atoms with Crippen LogP contribution in [0, 0.1) is 34.5 Å². The molecule has 1 nitrogen and oxygen atoms in total. The van der Waals surface area contributed by atoms with Crippen LogP contribution < -0.4 is 0 Å². The van der Waals surface area contributed by atoms with E-state index in [1.54, 1.807) is 5.57 Å². The Balaban J connectivity index is 1.64. The Morgan fingerprint density at radius 2 is 1.81 bits per heavy atom. The summed E-state index contributed by atoms with van der Waals surface area (Å²) in [4.78, 5) is 0. The van der Waals surface area contributed by atoms with Gasteiger partial charge in [-0.3, -0.25) is 0 Å². The van der Waals surface area contributed by atoms with Crippen molar-refractivity contribution in [2.75, 3.05) is 0 Å². The summed E-state index contributed by atoms with van der Waals surface area (Å²) in [5, 5.41) is 10.1. The van der Waals surface area contributed by atoms with Crippen molar-refractivity contribution < 1.29 is 5.11 Å². The average molecular weight is 288 g/mol. The molecule has 3 unspecified atom stereocenters. The first-order chi connectivity index (χ1) is 9.95. The normalized spacial score (nSPS) is 56.5. The minimum Gasteiger partial charge on any atom is -0.393 e. The molecule has 1 N–H and O–H groups in total. The van der Waals surface area contributed by atoms with Crippen LogP contribution in [-0.2, 0) is 0 Å². The summed E-state index contributed by atoms with van der Waals surface area (Å²) < 4.78 is 0. The smallest absolute Gasteiger partial charge is 0.0543 e. The van der Waals surface area contributed by atoms with Gasteiger partial charge in [-0.25, -0.2) is 0 Å². The second-order valence-electron chi connectivity index (χ2n) is 9.18. The topological polar surface area (TPSA) is 20.2 Å². The van der Waals surface area contributed by atoms with Crippen molar-refractivity contribution >= 4 is 0 Å². The number of aliphatic hydroxyl groups excluding tert-OH is 1. The lowest BCUT2D eigenvalue weighted by Gasteiger charge is -2.60. The minimum absolute atomic E-state index is 0.0141. The fourth-order valence-electron chi connectivity index (χ4n) is 7.14. The summed E-state index contributed by atoms with van der Waals surface area (Å²) in [6.07, 6.45) is 11.6. The Bertz CT molecular complexity index is 455. The SMILES string of the molecule is C=C1CCC2C3CC[C@@H]4C[C@H](O)CC[C@]4(C)C3CC[C@]12C. The lowest BCUT2D eigenvalue weighted by atomic mass is 9.45. The van der Waals surface area contributed by atoms with Crippen molar-refractivity contribution in [3.63, 3.8) is 0 Å². The van der Waals surface area contributed by atoms with Crippen LogP contribution in [0.1, 0.15) is 71.6 Å². The molecule has 0 aliphatic heterocycles. The maximum absolute atomic E-state index is 10.1. The molecule has 4 fully saturated rings. The third-order valence-corrected chi connectivity index (χ3v) is 8.59. The maximum Gasteiger partial charge on any atom is 0.0543 e. The van der Waals surface area contributed by atoms with E-state index in [2.05, 4.69) is 20.4 Å². The predicted molar refractivity (Wildman–Crippen MR) is 86.9 cm³/mol. The third kappa shape index (κ3) is 1.85. The summed E-state index contributed by atoms with van der Waals surface area (Å²) >= 11 is 0. The molecule has 1 heteroatoms. The van der Waals surface area contributed by atoms with E-state index in [0.717, 1.165) is 36.5 Å². The van der Waals surface area contributed by atoms with E-state index in [0.29, 0.717) is 10.8 Å². The van der Waals surface area contributed by atoms with Crippen molar-refractivity contribution in [2.24, 2.45) is 34.5 Å². The van der Waals surface area contributed by atoms with Crippen LogP contribution in [0.25, 0.3) is 0 Å². The largest absolute Gasteiger partial charge is 0.393 e. The molecule has 0 amide bonds. The van der Waals surface area contributed by atoms with Gasteiger partial charge in [0.2, 0.25) is 0 Å². The molecule has 4 rings (SSSR count). The quantitative estimate of drug-likeness (QED) is 0.626. The average Bonchev–Trinajstić information content (AvgIpc) is 2.76. The highest BCUT2D eigenvalue weighted by Gasteiger charge is 2.58. The first kappa shape index (κ1) is 14.3. The van der Waals surface area contributed by atoms with Crippen LogP contribution in [0.4, 0.5) is 0 Å². The molecule has 7 atom stereocenters. The number of rotatable bonds is 0. The standard InChI is InChI=1S/C20H32O/c1-13-4-7-17-16-6-5-14-12-15(21)8-10-20(14,3)18(16)9-11-19(13,17)2/h14-18,21H,1,4-12H2,2-3H3/t14-,15-,16?,17?,18?,19-,20+/m1/s1. The number of hydrogen-bond donors (Lipinski definition) is 1. The fraction of sp³-hybridized carbons (Fsp3) is 0.900. The summed E-state index contributed by atoms with van der Waals surface area (Å²) in [5.74, 6) is 3.57. The molecule has 0 radical (unpaired) electrons. The summed E-state index contributed by atoms with van der Waals surface area (Å²) in [6, 6.07) is 0. The van der Waals surface area contributed by atoms with E-state index in [1.807, 2.05) is 0 Å². The molecular weight excluding hydrogens is 256 g/mol. The van der Waals surface area contributed by atoms with E-state index in [4.69, 9.17) is 0 Å². The highest BCUT2D eigenvalue weighted by Crippen LogP contribution is 2.67. The van der Waals surface area contributed by atoms with Crippen molar-refractivity contribution in [3.05, 3.63) is 12.2 Å². The van der Waals surface area contributed by atoms with Crippen LogP contribution >= 0.6 is 0 Å². The Hall–Kier alpha value is -0.300. The molecule has 21 heavy (non-hydrogen) atoms. The van der Waals surface area contributed by atoms with Gasteiger partial charge in [0.05, 0.1) is 6.10 Å². The highest BCUT2D eigenvalue weighted by molar-refractivity contribution is 5.21. The van der Waals surface area contributed by atoms with Gasteiger partial charge in [0.15, 0.2) is 0 Å². The van der Waals surface area contributed by atoms with Crippen LogP contribution in [0.15, 0.2) is 12.2 Å². The fourth-order valence-corrected chi connectivity index (χ4v) is 7.14. The number of hydrogen-bond acceptors (Lipinski definition) is 1. The monoisotopic (exact) mass is 288 g/mol. The Morgan fingerprint density at radius 1 is 1.00 bits per heavy atom. The van der Waals surface area contributed by atoms with Crippen LogP contribution in [0.5, 0.6) is 0 Å². The lowest BCUT2D eigenvalue weighted by molar-refractivity contribution is -0.116. The van der Waals surface area contributed by atoms with Crippen molar-refractivity contribution in [2.45, 2.75) is 77.7 Å². The van der Waals surface area contributed by atoms with Gasteiger partial charge < -0.3 is 5.11 Å². The van der Waals surface area contributed by atoms with E-state index >= 15 is 0 Å². The van der Waals surface area contributed by atoms with Crippen molar-refractivity contribution in [1.82, 2.24) is 0 Å². The molecule has 118 valence electrons. The second-order valence-corrected chi connectivity index (χ2v) is 9.18. The lowest BCUT2D eigenvalue weighted by Crippen LogP contribution is -2.53. The van der Waals surface area contributed by atoms with E-state index in [-0.39, 0.29) is 6.10 Å².